The molecule has 0 atom stereocenters. The van der Waals surface area contributed by atoms with E-state index in [-0.39, 0.29) is 18.9 Å². The van der Waals surface area contributed by atoms with Gasteiger partial charge >= 0.3 is 0 Å². The molecule has 0 bridgehead atoms. The van der Waals surface area contributed by atoms with Crippen LogP contribution in [0.15, 0.2) is 42.5 Å². The summed E-state index contributed by atoms with van der Waals surface area (Å²) < 4.78 is 30.5. The molecule has 0 unspecified atom stereocenters. The van der Waals surface area contributed by atoms with Crippen molar-refractivity contribution in [1.82, 2.24) is 0 Å². The molecule has 0 saturated carbocycles. The van der Waals surface area contributed by atoms with Crippen molar-refractivity contribution in [2.75, 3.05) is 29.5 Å². The maximum absolute atomic E-state index is 12.1. The third-order valence-corrected chi connectivity index (χ3v) is 5.41. The minimum absolute atomic E-state index is 0.182. The van der Waals surface area contributed by atoms with Crippen LogP contribution < -0.4 is 14.4 Å². The number of methoxy groups -OCH3 is 1. The molecule has 0 heterocycles. The van der Waals surface area contributed by atoms with Crippen molar-refractivity contribution in [3.8, 4) is 5.75 Å². The Bertz CT molecular complexity index is 898. The van der Waals surface area contributed by atoms with Crippen LogP contribution in [-0.4, -0.2) is 34.2 Å². The molecule has 1 N–H and O–H groups in total. The number of benzene rings is 2. The van der Waals surface area contributed by atoms with Gasteiger partial charge in [0, 0.05) is 18.7 Å². The Labute approximate surface area is 165 Å². The van der Waals surface area contributed by atoms with E-state index in [0.29, 0.717) is 28.6 Å². The third kappa shape index (κ3) is 6.15. The molecule has 0 aromatic heterocycles. The van der Waals surface area contributed by atoms with E-state index in [0.717, 1.165) is 11.8 Å². The van der Waals surface area contributed by atoms with Crippen molar-refractivity contribution in [1.29, 1.82) is 0 Å². The summed E-state index contributed by atoms with van der Waals surface area (Å²) in [5.74, 6) is 0.310. The minimum atomic E-state index is -3.43. The summed E-state index contributed by atoms with van der Waals surface area (Å²) in [5, 5.41) is 3.15. The second-order valence-corrected chi connectivity index (χ2v) is 8.49. The number of sulfonamides is 1. The standard InChI is InChI=1S/C19H23ClN2O4S/c1-14-6-9-16(10-7-14)22(27(3,24)25)12-4-5-19(23)21-15-8-11-18(26-2)17(20)13-15/h6-11,13H,4-5,12H2,1-3H3,(H,21,23). The van der Waals surface area contributed by atoms with Crippen LogP contribution in [0.2, 0.25) is 5.02 Å². The number of hydrogen-bond donors (Lipinski definition) is 1. The van der Waals surface area contributed by atoms with Crippen LogP contribution in [0.4, 0.5) is 11.4 Å². The number of aryl methyl sites for hydroxylation is 1. The van der Waals surface area contributed by atoms with Gasteiger partial charge in [-0.2, -0.15) is 0 Å². The molecule has 146 valence electrons. The van der Waals surface area contributed by atoms with Crippen LogP contribution in [0.1, 0.15) is 18.4 Å². The molecular formula is C19H23ClN2O4S. The van der Waals surface area contributed by atoms with Gasteiger partial charge in [-0.15, -0.1) is 0 Å². The Morgan fingerprint density at radius 3 is 2.41 bits per heavy atom. The van der Waals surface area contributed by atoms with Gasteiger partial charge in [-0.05, 0) is 43.7 Å². The first-order valence-corrected chi connectivity index (χ1v) is 10.6. The first kappa shape index (κ1) is 21.1. The number of amides is 1. The minimum Gasteiger partial charge on any atom is -0.495 e. The topological polar surface area (TPSA) is 75.7 Å². The van der Waals surface area contributed by atoms with E-state index in [1.54, 1.807) is 30.3 Å². The zero-order chi connectivity index (χ0) is 20.0. The molecule has 0 radical (unpaired) electrons. The largest absolute Gasteiger partial charge is 0.495 e. The summed E-state index contributed by atoms with van der Waals surface area (Å²) in [7, 11) is -1.92. The number of rotatable bonds is 8. The monoisotopic (exact) mass is 410 g/mol. The molecule has 0 spiro atoms. The number of nitrogens with zero attached hydrogens (tertiary/aromatic N) is 1. The highest BCUT2D eigenvalue weighted by Gasteiger charge is 2.17. The molecule has 0 aliphatic heterocycles. The lowest BCUT2D eigenvalue weighted by Crippen LogP contribution is -2.31. The highest BCUT2D eigenvalue weighted by Crippen LogP contribution is 2.27. The van der Waals surface area contributed by atoms with Crippen molar-refractivity contribution < 1.29 is 17.9 Å². The lowest BCUT2D eigenvalue weighted by molar-refractivity contribution is -0.116. The van der Waals surface area contributed by atoms with Crippen LogP contribution in [0, 0.1) is 6.92 Å². The van der Waals surface area contributed by atoms with Crippen molar-refractivity contribution in [2.45, 2.75) is 19.8 Å². The van der Waals surface area contributed by atoms with Crippen LogP contribution >= 0.6 is 11.6 Å². The molecule has 27 heavy (non-hydrogen) atoms. The molecule has 0 fully saturated rings. The number of carbonyl (C=O) groups is 1. The summed E-state index contributed by atoms with van der Waals surface area (Å²) >= 11 is 6.04. The van der Waals surface area contributed by atoms with Crippen LogP contribution in [0.25, 0.3) is 0 Å². The van der Waals surface area contributed by atoms with E-state index in [1.165, 1.54) is 11.4 Å². The van der Waals surface area contributed by atoms with Gasteiger partial charge in [0.15, 0.2) is 0 Å². The first-order chi connectivity index (χ1) is 12.7. The Kier molecular flexibility index (Phi) is 7.10. The van der Waals surface area contributed by atoms with Gasteiger partial charge in [-0.3, -0.25) is 9.10 Å². The molecule has 2 aromatic rings. The van der Waals surface area contributed by atoms with E-state index in [4.69, 9.17) is 16.3 Å². The molecule has 1 amide bonds. The molecule has 8 heteroatoms. The van der Waals surface area contributed by atoms with Gasteiger partial charge in [0.25, 0.3) is 0 Å². The first-order valence-electron chi connectivity index (χ1n) is 8.38. The number of carbonyl (C=O) groups excluding carboxylic acids is 1. The maximum atomic E-state index is 12.1. The van der Waals surface area contributed by atoms with Gasteiger partial charge in [-0.25, -0.2) is 8.42 Å². The zero-order valence-electron chi connectivity index (χ0n) is 15.5. The molecule has 2 aromatic carbocycles. The van der Waals surface area contributed by atoms with Gasteiger partial charge < -0.3 is 10.1 Å². The van der Waals surface area contributed by atoms with Crippen molar-refractivity contribution in [3.05, 3.63) is 53.1 Å². The van der Waals surface area contributed by atoms with Gasteiger partial charge in [-0.1, -0.05) is 29.3 Å². The van der Waals surface area contributed by atoms with E-state index in [9.17, 15) is 13.2 Å². The summed E-state index contributed by atoms with van der Waals surface area (Å²) in [6.45, 7) is 2.16. The van der Waals surface area contributed by atoms with E-state index in [1.807, 2.05) is 19.1 Å². The zero-order valence-corrected chi connectivity index (χ0v) is 17.1. The summed E-state index contributed by atoms with van der Waals surface area (Å²) in [6, 6.07) is 12.2. The lowest BCUT2D eigenvalue weighted by Gasteiger charge is -2.22. The second-order valence-electron chi connectivity index (χ2n) is 6.17. The van der Waals surface area contributed by atoms with E-state index >= 15 is 0 Å². The summed E-state index contributed by atoms with van der Waals surface area (Å²) in [5.41, 5.74) is 2.19. The number of ether oxygens (including phenoxy) is 1. The van der Waals surface area contributed by atoms with Crippen LogP contribution in [0.3, 0.4) is 0 Å². The fourth-order valence-electron chi connectivity index (χ4n) is 2.55. The van der Waals surface area contributed by atoms with Crippen molar-refractivity contribution in [2.24, 2.45) is 0 Å². The summed E-state index contributed by atoms with van der Waals surface area (Å²) in [4.78, 5) is 12.1. The smallest absolute Gasteiger partial charge is 0.232 e. The van der Waals surface area contributed by atoms with Crippen LogP contribution in [0.5, 0.6) is 5.75 Å². The quantitative estimate of drug-likeness (QED) is 0.717. The second kappa shape index (κ2) is 9.10. The fraction of sp³-hybridized carbons (Fsp3) is 0.316. The number of hydrogen-bond acceptors (Lipinski definition) is 4. The average Bonchev–Trinajstić information content (AvgIpc) is 2.59. The van der Waals surface area contributed by atoms with Crippen molar-refractivity contribution >= 4 is 38.9 Å². The predicted octanol–water partition coefficient (Wildman–Crippen LogP) is 3.84. The van der Waals surface area contributed by atoms with Crippen molar-refractivity contribution in [3.63, 3.8) is 0 Å². The highest BCUT2D eigenvalue weighted by atomic mass is 35.5. The molecule has 2 rings (SSSR count). The normalized spacial score (nSPS) is 11.1. The van der Waals surface area contributed by atoms with Gasteiger partial charge in [0.05, 0.1) is 24.1 Å². The number of nitrogens with one attached hydrogen (secondary N) is 1. The van der Waals surface area contributed by atoms with Gasteiger partial charge in [0.2, 0.25) is 15.9 Å². The SMILES string of the molecule is COc1ccc(NC(=O)CCCN(c2ccc(C)cc2)S(C)(=O)=O)cc1Cl. The van der Waals surface area contributed by atoms with Gasteiger partial charge in [0.1, 0.15) is 5.75 Å². The van der Waals surface area contributed by atoms with E-state index in [2.05, 4.69) is 5.32 Å². The Balaban J connectivity index is 1.95. The lowest BCUT2D eigenvalue weighted by atomic mass is 10.2. The predicted molar refractivity (Wildman–Crippen MR) is 109 cm³/mol. The Morgan fingerprint density at radius 2 is 1.85 bits per heavy atom. The molecule has 0 aliphatic rings. The maximum Gasteiger partial charge on any atom is 0.232 e. The fourth-order valence-corrected chi connectivity index (χ4v) is 3.77. The molecule has 6 nitrogen and oxygen atoms in total. The molecule has 0 aliphatic carbocycles. The highest BCUT2D eigenvalue weighted by molar-refractivity contribution is 7.92. The number of halogens is 1. The molecule has 0 saturated heterocycles. The number of anilines is 2. The average molecular weight is 411 g/mol. The third-order valence-electron chi connectivity index (χ3n) is 3.92. The van der Waals surface area contributed by atoms with E-state index < -0.39 is 10.0 Å². The Morgan fingerprint density at radius 1 is 1.19 bits per heavy atom. The summed E-state index contributed by atoms with van der Waals surface area (Å²) in [6.07, 6.45) is 1.73. The Hall–Kier alpha value is -2.25. The van der Waals surface area contributed by atoms with Crippen LogP contribution in [-0.2, 0) is 14.8 Å². The molecular weight excluding hydrogens is 388 g/mol.